The topological polar surface area (TPSA) is 68.7 Å². The molecule has 1 aromatic rings. The van der Waals surface area contributed by atoms with Crippen LogP contribution in [-0.2, 0) is 11.3 Å². The molecule has 0 radical (unpaired) electrons. The van der Waals surface area contributed by atoms with Gasteiger partial charge in [-0.2, -0.15) is 0 Å². The number of hydrogen-bond donors (Lipinski definition) is 2. The summed E-state index contributed by atoms with van der Waals surface area (Å²) < 4.78 is 0. The van der Waals surface area contributed by atoms with Gasteiger partial charge in [0.05, 0.1) is 12.5 Å². The second-order valence-electron chi connectivity index (χ2n) is 6.74. The van der Waals surface area contributed by atoms with Crippen molar-refractivity contribution >= 4 is 11.7 Å². The molecular formula is C18H30N4O2. The minimum atomic E-state index is -0.590. The summed E-state index contributed by atoms with van der Waals surface area (Å²) in [5, 5.41) is 12.6. The molecule has 0 spiro atoms. The fourth-order valence-electron chi connectivity index (χ4n) is 2.74. The Labute approximate surface area is 144 Å². The van der Waals surface area contributed by atoms with Gasteiger partial charge in [0.2, 0.25) is 5.91 Å². The van der Waals surface area contributed by atoms with E-state index in [1.807, 2.05) is 26.0 Å². The fourth-order valence-corrected chi connectivity index (χ4v) is 2.74. The number of aliphatic hydroxyl groups excluding tert-OH is 1. The number of piperazine rings is 1. The lowest BCUT2D eigenvalue weighted by Gasteiger charge is -2.34. The molecule has 6 nitrogen and oxygen atoms in total. The SMILES string of the molecule is CCN1CCN(c2cc(CNC(=O)CC(O)C(C)C)ccn2)CC1. The lowest BCUT2D eigenvalue weighted by molar-refractivity contribution is -0.123. The van der Waals surface area contributed by atoms with Gasteiger partial charge in [0, 0.05) is 38.9 Å². The molecule has 0 aromatic carbocycles. The van der Waals surface area contributed by atoms with Gasteiger partial charge in [-0.15, -0.1) is 0 Å². The number of hydrogen-bond acceptors (Lipinski definition) is 5. The first-order chi connectivity index (χ1) is 11.5. The van der Waals surface area contributed by atoms with Crippen LogP contribution in [0.1, 0.15) is 32.8 Å². The molecule has 2 rings (SSSR count). The molecule has 6 heteroatoms. The van der Waals surface area contributed by atoms with E-state index < -0.39 is 6.10 Å². The highest BCUT2D eigenvalue weighted by Crippen LogP contribution is 2.15. The maximum Gasteiger partial charge on any atom is 0.222 e. The number of amides is 1. The van der Waals surface area contributed by atoms with Gasteiger partial charge in [0.15, 0.2) is 0 Å². The smallest absolute Gasteiger partial charge is 0.222 e. The van der Waals surface area contributed by atoms with Crippen LogP contribution < -0.4 is 10.2 Å². The predicted molar refractivity (Wildman–Crippen MR) is 95.9 cm³/mol. The van der Waals surface area contributed by atoms with Gasteiger partial charge in [-0.05, 0) is 30.2 Å². The standard InChI is InChI=1S/C18H30N4O2/c1-4-21-7-9-22(10-8-21)17-11-15(5-6-19-17)13-20-18(24)12-16(23)14(2)3/h5-6,11,14,16,23H,4,7-10,12-13H2,1-3H3,(H,20,24). The molecule has 134 valence electrons. The zero-order valence-electron chi connectivity index (χ0n) is 15.0. The Morgan fingerprint density at radius 3 is 2.67 bits per heavy atom. The number of carbonyl (C=O) groups is 1. The number of carbonyl (C=O) groups excluding carboxylic acids is 1. The summed E-state index contributed by atoms with van der Waals surface area (Å²) in [6.07, 6.45) is 1.36. The normalized spacial score (nSPS) is 17.1. The number of likely N-dealkylation sites (N-methyl/N-ethyl adjacent to an activating group) is 1. The molecule has 24 heavy (non-hydrogen) atoms. The van der Waals surface area contributed by atoms with E-state index in [0.29, 0.717) is 6.54 Å². The van der Waals surface area contributed by atoms with Crippen molar-refractivity contribution in [2.24, 2.45) is 5.92 Å². The average molecular weight is 334 g/mol. The maximum atomic E-state index is 11.9. The van der Waals surface area contributed by atoms with E-state index in [-0.39, 0.29) is 18.2 Å². The number of aromatic nitrogens is 1. The quantitative estimate of drug-likeness (QED) is 0.785. The molecule has 0 saturated carbocycles. The van der Waals surface area contributed by atoms with E-state index in [2.05, 4.69) is 27.0 Å². The molecule has 2 heterocycles. The Morgan fingerprint density at radius 1 is 1.33 bits per heavy atom. The average Bonchev–Trinajstić information content (AvgIpc) is 2.60. The Hall–Kier alpha value is -1.66. The summed E-state index contributed by atoms with van der Waals surface area (Å²) in [5.41, 5.74) is 1.03. The number of rotatable bonds is 7. The summed E-state index contributed by atoms with van der Waals surface area (Å²) in [6.45, 7) is 11.7. The summed E-state index contributed by atoms with van der Waals surface area (Å²) in [7, 11) is 0. The van der Waals surface area contributed by atoms with Gasteiger partial charge < -0.3 is 20.2 Å². The summed E-state index contributed by atoms with van der Waals surface area (Å²) in [4.78, 5) is 21.1. The summed E-state index contributed by atoms with van der Waals surface area (Å²) >= 11 is 0. The summed E-state index contributed by atoms with van der Waals surface area (Å²) in [5.74, 6) is 0.941. The Bertz CT molecular complexity index is 528. The second kappa shape index (κ2) is 8.99. The van der Waals surface area contributed by atoms with Gasteiger partial charge in [0.1, 0.15) is 5.82 Å². The van der Waals surface area contributed by atoms with Crippen molar-refractivity contribution in [2.45, 2.75) is 39.8 Å². The van der Waals surface area contributed by atoms with Crippen LogP contribution in [0.3, 0.4) is 0 Å². The molecule has 1 atom stereocenters. The third-order valence-corrected chi connectivity index (χ3v) is 4.61. The van der Waals surface area contributed by atoms with Gasteiger partial charge in [-0.1, -0.05) is 20.8 Å². The third-order valence-electron chi connectivity index (χ3n) is 4.61. The highest BCUT2D eigenvalue weighted by atomic mass is 16.3. The molecule has 1 saturated heterocycles. The molecular weight excluding hydrogens is 304 g/mol. The summed E-state index contributed by atoms with van der Waals surface area (Å²) in [6, 6.07) is 3.96. The monoisotopic (exact) mass is 334 g/mol. The Balaban J connectivity index is 1.85. The zero-order valence-corrected chi connectivity index (χ0v) is 15.0. The minimum Gasteiger partial charge on any atom is -0.392 e. The van der Waals surface area contributed by atoms with Crippen LogP contribution in [0.15, 0.2) is 18.3 Å². The molecule has 1 aliphatic heterocycles. The molecule has 0 aliphatic carbocycles. The lowest BCUT2D eigenvalue weighted by atomic mass is 10.0. The van der Waals surface area contributed by atoms with E-state index in [4.69, 9.17) is 0 Å². The maximum absolute atomic E-state index is 11.9. The molecule has 1 fully saturated rings. The number of nitrogens with zero attached hydrogens (tertiary/aromatic N) is 3. The van der Waals surface area contributed by atoms with E-state index >= 15 is 0 Å². The van der Waals surface area contributed by atoms with Gasteiger partial charge in [-0.25, -0.2) is 4.98 Å². The largest absolute Gasteiger partial charge is 0.392 e. The Morgan fingerprint density at radius 2 is 2.04 bits per heavy atom. The molecule has 0 bridgehead atoms. The molecule has 1 unspecified atom stereocenters. The van der Waals surface area contributed by atoms with Crippen LogP contribution in [0.5, 0.6) is 0 Å². The highest BCUT2D eigenvalue weighted by molar-refractivity contribution is 5.76. The van der Waals surface area contributed by atoms with E-state index in [9.17, 15) is 9.90 Å². The van der Waals surface area contributed by atoms with Crippen LogP contribution in [0.2, 0.25) is 0 Å². The fraction of sp³-hybridized carbons (Fsp3) is 0.667. The second-order valence-corrected chi connectivity index (χ2v) is 6.74. The van der Waals surface area contributed by atoms with E-state index in [0.717, 1.165) is 44.1 Å². The minimum absolute atomic E-state index is 0.0880. The van der Waals surface area contributed by atoms with Crippen LogP contribution in [0.4, 0.5) is 5.82 Å². The van der Waals surface area contributed by atoms with Crippen molar-refractivity contribution in [3.63, 3.8) is 0 Å². The number of pyridine rings is 1. The van der Waals surface area contributed by atoms with Crippen molar-refractivity contribution in [3.05, 3.63) is 23.9 Å². The van der Waals surface area contributed by atoms with Crippen LogP contribution >= 0.6 is 0 Å². The van der Waals surface area contributed by atoms with Crippen molar-refractivity contribution in [1.82, 2.24) is 15.2 Å². The molecule has 2 N–H and O–H groups in total. The van der Waals surface area contributed by atoms with Crippen molar-refractivity contribution in [3.8, 4) is 0 Å². The zero-order chi connectivity index (χ0) is 17.5. The lowest BCUT2D eigenvalue weighted by Crippen LogP contribution is -2.46. The predicted octanol–water partition coefficient (Wildman–Crippen LogP) is 1.25. The van der Waals surface area contributed by atoms with Crippen LogP contribution in [0, 0.1) is 5.92 Å². The van der Waals surface area contributed by atoms with Gasteiger partial charge in [-0.3, -0.25) is 4.79 Å². The van der Waals surface area contributed by atoms with E-state index in [1.54, 1.807) is 6.20 Å². The van der Waals surface area contributed by atoms with E-state index in [1.165, 1.54) is 0 Å². The Kier molecular flexibility index (Phi) is 6.99. The van der Waals surface area contributed by atoms with Crippen molar-refractivity contribution < 1.29 is 9.90 Å². The first kappa shape index (κ1) is 18.7. The van der Waals surface area contributed by atoms with Crippen LogP contribution in [-0.4, -0.2) is 59.7 Å². The third kappa shape index (κ3) is 5.46. The molecule has 1 amide bonds. The number of nitrogens with one attached hydrogen (secondary N) is 1. The number of anilines is 1. The number of aliphatic hydroxyl groups is 1. The first-order valence-corrected chi connectivity index (χ1v) is 8.86. The highest BCUT2D eigenvalue weighted by Gasteiger charge is 2.17. The van der Waals surface area contributed by atoms with Crippen molar-refractivity contribution in [1.29, 1.82) is 0 Å². The molecule has 1 aromatic heterocycles. The van der Waals surface area contributed by atoms with Gasteiger partial charge >= 0.3 is 0 Å². The van der Waals surface area contributed by atoms with Crippen molar-refractivity contribution in [2.75, 3.05) is 37.6 Å². The van der Waals surface area contributed by atoms with Gasteiger partial charge in [0.25, 0.3) is 0 Å². The first-order valence-electron chi connectivity index (χ1n) is 8.86. The van der Waals surface area contributed by atoms with Crippen LogP contribution in [0.25, 0.3) is 0 Å². The molecule has 1 aliphatic rings.